The molecule has 0 saturated carbocycles. The van der Waals surface area contributed by atoms with E-state index >= 15 is 0 Å². The third kappa shape index (κ3) is 51.6. The highest BCUT2D eigenvalue weighted by atomic mass is 32.2. The number of esters is 1. The van der Waals surface area contributed by atoms with Crippen molar-refractivity contribution in [2.24, 2.45) is 5.92 Å². The van der Waals surface area contributed by atoms with E-state index in [0.29, 0.717) is 19.8 Å². The second-order valence-corrected chi connectivity index (χ2v) is 16.9. The molecule has 0 rings (SSSR count). The molecule has 0 saturated heterocycles. The van der Waals surface area contributed by atoms with E-state index in [9.17, 15) is 9.90 Å². The summed E-state index contributed by atoms with van der Waals surface area (Å²) < 4.78 is 11.0. The Bertz CT molecular complexity index is 703. The van der Waals surface area contributed by atoms with Crippen molar-refractivity contribution in [1.29, 1.82) is 0 Å². The van der Waals surface area contributed by atoms with Gasteiger partial charge < -0.3 is 29.7 Å². The molecule has 0 bridgehead atoms. The van der Waals surface area contributed by atoms with Gasteiger partial charge in [-0.05, 0) is 103 Å². The summed E-state index contributed by atoms with van der Waals surface area (Å²) in [5.41, 5.74) is 0. The Morgan fingerprint density at radius 2 is 0.839 bits per heavy atom. The predicted octanol–water partition coefficient (Wildman–Crippen LogP) is 13.3. The van der Waals surface area contributed by atoms with Crippen LogP contribution in [0.3, 0.4) is 0 Å². The van der Waals surface area contributed by atoms with Crippen molar-refractivity contribution in [3.05, 3.63) is 0 Å². The zero-order valence-corrected chi connectivity index (χ0v) is 39.5. The summed E-state index contributed by atoms with van der Waals surface area (Å²) in [6.07, 6.45) is 40.9. The summed E-state index contributed by atoms with van der Waals surface area (Å²) in [6.45, 7) is 14.0. The van der Waals surface area contributed by atoms with E-state index in [2.05, 4.69) is 32.6 Å². The molecule has 0 aliphatic rings. The number of thioether (sulfide) groups is 1. The fraction of sp³-hybridized carbons (Fsp3) is 0.979. The largest absolute Gasteiger partial charge is 0.465 e. The Morgan fingerprint density at radius 1 is 0.482 bits per heavy atom. The minimum absolute atomic E-state index is 0.0568. The van der Waals surface area contributed by atoms with Crippen molar-refractivity contribution in [3.8, 4) is 0 Å². The van der Waals surface area contributed by atoms with Crippen LogP contribution in [0.15, 0.2) is 0 Å². The number of hydrogen-bond donors (Lipinski definition) is 3. The lowest BCUT2D eigenvalue weighted by Crippen LogP contribution is -2.27. The molecule has 0 spiro atoms. The van der Waals surface area contributed by atoms with Crippen LogP contribution in [0, 0.1) is 5.92 Å². The number of rotatable bonds is 42. The molecule has 0 heterocycles. The van der Waals surface area contributed by atoms with E-state index in [-0.39, 0.29) is 18.5 Å². The molecule has 0 aliphatic carbocycles. The maximum absolute atomic E-state index is 12.8. The molecule has 2 atom stereocenters. The zero-order valence-electron chi connectivity index (χ0n) is 38.7. The lowest BCUT2D eigenvalue weighted by molar-refractivity contribution is -0.149. The minimum Gasteiger partial charge on any atom is -0.465 e. The van der Waals surface area contributed by atoms with Gasteiger partial charge in [0.1, 0.15) is 0 Å². The van der Waals surface area contributed by atoms with Gasteiger partial charge in [-0.25, -0.2) is 0 Å². The van der Waals surface area contributed by atoms with Crippen molar-refractivity contribution < 1.29 is 29.6 Å². The number of carbonyl (C=O) groups is 1. The Hall–Kier alpha value is -0.380. The van der Waals surface area contributed by atoms with Crippen LogP contribution in [0.25, 0.3) is 0 Å². The summed E-state index contributed by atoms with van der Waals surface area (Å²) in [4.78, 5) is 15.3. The molecule has 0 aromatic heterocycles. The number of unbranched alkanes of at least 4 members (excludes halogenated alkanes) is 22. The van der Waals surface area contributed by atoms with Crippen LogP contribution in [0.4, 0.5) is 0 Å². The Labute approximate surface area is 355 Å². The first-order valence-corrected chi connectivity index (χ1v) is 25.9. The number of aliphatic hydroxyl groups excluding tert-OH is 3. The number of carbonyl (C=O) groups excluding carboxylic acids is 1. The summed E-state index contributed by atoms with van der Waals surface area (Å²) in [7, 11) is 0. The van der Waals surface area contributed by atoms with E-state index in [1.165, 1.54) is 116 Å². The highest BCUT2D eigenvalue weighted by Crippen LogP contribution is 2.21. The highest BCUT2D eigenvalue weighted by Gasteiger charge is 2.19. The molecule has 8 heteroatoms. The maximum atomic E-state index is 12.8. The number of hydrogen-bond acceptors (Lipinski definition) is 8. The van der Waals surface area contributed by atoms with Gasteiger partial charge in [-0.15, -0.1) is 0 Å². The van der Waals surface area contributed by atoms with Crippen LogP contribution in [0.5, 0.6) is 0 Å². The first-order valence-electron chi connectivity index (χ1n) is 24.2. The second kappa shape index (κ2) is 54.6. The molecule has 340 valence electrons. The van der Waals surface area contributed by atoms with Crippen molar-refractivity contribution in [1.82, 2.24) is 4.90 Å². The monoisotopic (exact) mass is 820 g/mol. The van der Waals surface area contributed by atoms with Gasteiger partial charge in [-0.1, -0.05) is 163 Å². The third-order valence-electron chi connectivity index (χ3n) is 10.4. The summed E-state index contributed by atoms with van der Waals surface area (Å²) in [5, 5.41) is 27.5. The fourth-order valence-corrected chi connectivity index (χ4v) is 6.76. The molecular weight excluding hydrogens is 719 g/mol. The molecule has 0 fully saturated rings. The van der Waals surface area contributed by atoms with Crippen LogP contribution in [-0.4, -0.2) is 91.1 Å². The molecule has 0 radical (unpaired) electrons. The Morgan fingerprint density at radius 3 is 1.32 bits per heavy atom. The van der Waals surface area contributed by atoms with E-state index < -0.39 is 6.29 Å². The topological polar surface area (TPSA) is 99.5 Å². The number of nitrogens with zero attached hydrogens (tertiary/aromatic N) is 1. The lowest BCUT2D eigenvalue weighted by atomic mass is 9.94. The van der Waals surface area contributed by atoms with Crippen LogP contribution in [0.2, 0.25) is 0 Å². The quantitative estimate of drug-likeness (QED) is 0.0318. The maximum Gasteiger partial charge on any atom is 0.308 e. The fourth-order valence-electron chi connectivity index (χ4n) is 6.76. The second-order valence-electron chi connectivity index (χ2n) is 16.1. The Balaban J connectivity index is -0.00000122. The average Bonchev–Trinajstić information content (AvgIpc) is 3.19. The van der Waals surface area contributed by atoms with E-state index in [1.807, 2.05) is 12.5 Å². The van der Waals surface area contributed by atoms with Crippen molar-refractivity contribution in [3.63, 3.8) is 0 Å². The van der Waals surface area contributed by atoms with Gasteiger partial charge in [0.15, 0.2) is 6.29 Å². The standard InChI is InChI=1S/C32H65NO4.C14H30O2.C2H6S/c1-3-5-7-9-10-16-24-31(23-15-8-6-4-2)32(36)37-30-22-14-12-18-26-33(27-19-21-29-35)25-17-11-13-20-28-34;1-3-5-7-8-9-10-11-12-14(15)16-13-6-4-2;1-3-2/h31,34-35H,3-30H2,1-2H3;14-15H,3-13H2,1-2H3;1-2H3. The van der Waals surface area contributed by atoms with Gasteiger partial charge in [0.25, 0.3) is 0 Å². The van der Waals surface area contributed by atoms with Gasteiger partial charge in [0, 0.05) is 19.8 Å². The zero-order chi connectivity index (χ0) is 42.0. The smallest absolute Gasteiger partial charge is 0.308 e. The van der Waals surface area contributed by atoms with E-state index in [1.54, 1.807) is 11.8 Å². The van der Waals surface area contributed by atoms with Gasteiger partial charge in [-0.3, -0.25) is 4.79 Å². The molecule has 3 N–H and O–H groups in total. The van der Waals surface area contributed by atoms with Crippen LogP contribution < -0.4 is 0 Å². The van der Waals surface area contributed by atoms with Gasteiger partial charge in [-0.2, -0.15) is 11.8 Å². The van der Waals surface area contributed by atoms with Crippen molar-refractivity contribution in [2.75, 3.05) is 58.6 Å². The number of aliphatic hydroxyl groups is 3. The third-order valence-corrected chi connectivity index (χ3v) is 10.4. The molecule has 0 aromatic rings. The van der Waals surface area contributed by atoms with E-state index in [0.717, 1.165) is 110 Å². The molecular formula is C48H101NO6S. The first kappa shape index (κ1) is 59.9. The molecule has 0 amide bonds. The van der Waals surface area contributed by atoms with E-state index in [4.69, 9.17) is 19.7 Å². The molecule has 0 aromatic carbocycles. The first-order chi connectivity index (χ1) is 27.4. The average molecular weight is 820 g/mol. The van der Waals surface area contributed by atoms with Gasteiger partial charge in [0.05, 0.1) is 12.5 Å². The number of ether oxygens (including phenoxy) is 2. The highest BCUT2D eigenvalue weighted by molar-refractivity contribution is 7.97. The Kier molecular flexibility index (Phi) is 58.5. The molecule has 2 unspecified atom stereocenters. The summed E-state index contributed by atoms with van der Waals surface area (Å²) >= 11 is 1.75. The molecule has 7 nitrogen and oxygen atoms in total. The van der Waals surface area contributed by atoms with Crippen molar-refractivity contribution >= 4 is 17.7 Å². The van der Waals surface area contributed by atoms with Crippen LogP contribution in [-0.2, 0) is 14.3 Å². The van der Waals surface area contributed by atoms with Crippen LogP contribution >= 0.6 is 11.8 Å². The predicted molar refractivity (Wildman–Crippen MR) is 247 cm³/mol. The molecule has 56 heavy (non-hydrogen) atoms. The van der Waals surface area contributed by atoms with Crippen LogP contribution in [0.1, 0.15) is 233 Å². The molecule has 0 aliphatic heterocycles. The van der Waals surface area contributed by atoms with Gasteiger partial charge in [0.2, 0.25) is 0 Å². The van der Waals surface area contributed by atoms with Crippen molar-refractivity contribution in [2.45, 2.75) is 239 Å². The summed E-state index contributed by atoms with van der Waals surface area (Å²) in [6, 6.07) is 0. The normalized spacial score (nSPS) is 12.2. The van der Waals surface area contributed by atoms with Gasteiger partial charge >= 0.3 is 5.97 Å². The SMILES string of the molecule is CCCCCCCCC(CCCCCC)C(=O)OCCCCCCN(CCCCO)CCCCCCO.CCCCCCCCCC(O)OCCCC.CSC. The lowest BCUT2D eigenvalue weighted by Gasteiger charge is -2.22. The summed E-state index contributed by atoms with van der Waals surface area (Å²) in [5.74, 6) is 0.161. The minimum atomic E-state index is -0.526.